The number of nitrogens with one attached hydrogen (secondary N) is 1. The van der Waals surface area contributed by atoms with Crippen LogP contribution in [0, 0.1) is 0 Å². The first-order valence-electron chi connectivity index (χ1n) is 8.93. The van der Waals surface area contributed by atoms with Crippen molar-refractivity contribution in [3.05, 3.63) is 54.1 Å². The van der Waals surface area contributed by atoms with E-state index in [4.69, 9.17) is 14.2 Å². The van der Waals surface area contributed by atoms with Gasteiger partial charge in [-0.3, -0.25) is 4.79 Å². The van der Waals surface area contributed by atoms with Crippen LogP contribution in [0.25, 0.3) is 0 Å². The molecular weight excluding hydrogens is 346 g/mol. The summed E-state index contributed by atoms with van der Waals surface area (Å²) in [5, 5.41) is 2.76. The normalized spacial score (nSPS) is 11.4. The van der Waals surface area contributed by atoms with E-state index in [0.717, 1.165) is 12.8 Å². The highest BCUT2D eigenvalue weighted by molar-refractivity contribution is 5.95. The number of amides is 1. The van der Waals surface area contributed by atoms with Gasteiger partial charge in [-0.2, -0.15) is 0 Å². The van der Waals surface area contributed by atoms with Crippen LogP contribution in [0.4, 0.5) is 5.69 Å². The average molecular weight is 371 g/mol. The average Bonchev–Trinajstić information content (AvgIpc) is 2.69. The van der Waals surface area contributed by atoms with Gasteiger partial charge in [0.15, 0.2) is 17.6 Å². The van der Waals surface area contributed by atoms with Gasteiger partial charge in [0.2, 0.25) is 0 Å². The molecule has 1 atom stereocenters. The highest BCUT2D eigenvalue weighted by Crippen LogP contribution is 2.27. The van der Waals surface area contributed by atoms with E-state index in [1.165, 1.54) is 0 Å². The number of hydrogen-bond donors (Lipinski definition) is 1. The lowest BCUT2D eigenvalue weighted by Gasteiger charge is -2.16. The molecule has 0 aliphatic rings. The molecule has 2 aromatic rings. The van der Waals surface area contributed by atoms with E-state index in [9.17, 15) is 9.59 Å². The molecule has 0 saturated heterocycles. The van der Waals surface area contributed by atoms with Gasteiger partial charge in [-0.1, -0.05) is 25.5 Å². The van der Waals surface area contributed by atoms with E-state index in [1.807, 2.05) is 13.0 Å². The Kier molecular flexibility index (Phi) is 7.67. The van der Waals surface area contributed by atoms with E-state index in [0.29, 0.717) is 29.4 Å². The largest absolute Gasteiger partial charge is 0.493 e. The number of carbonyl (C=O) groups excluding carboxylic acids is 2. The van der Waals surface area contributed by atoms with Crippen molar-refractivity contribution < 1.29 is 23.8 Å². The number of unbranched alkanes of at least 4 members (excludes halogenated alkanes) is 1. The minimum Gasteiger partial charge on any atom is -0.493 e. The van der Waals surface area contributed by atoms with Crippen LogP contribution in [0.5, 0.6) is 11.5 Å². The maximum absolute atomic E-state index is 12.3. The molecule has 0 radical (unpaired) electrons. The van der Waals surface area contributed by atoms with Crippen LogP contribution in [-0.2, 0) is 9.53 Å². The molecule has 2 aromatic carbocycles. The van der Waals surface area contributed by atoms with E-state index in [1.54, 1.807) is 56.5 Å². The molecule has 1 unspecified atom stereocenters. The predicted octanol–water partition coefficient (Wildman–Crippen LogP) is 4.06. The number of rotatable bonds is 9. The molecular formula is C21H25NO5. The topological polar surface area (TPSA) is 73.9 Å². The molecule has 1 N–H and O–H groups in total. The highest BCUT2D eigenvalue weighted by Gasteiger charge is 2.17. The van der Waals surface area contributed by atoms with E-state index in [-0.39, 0.29) is 11.9 Å². The minimum atomic E-state index is -0.722. The molecule has 0 bridgehead atoms. The second-order valence-electron chi connectivity index (χ2n) is 5.97. The Bertz CT molecular complexity index is 757. The molecule has 6 heteroatoms. The van der Waals surface area contributed by atoms with Crippen LogP contribution in [0.3, 0.4) is 0 Å². The van der Waals surface area contributed by atoms with Crippen molar-refractivity contribution in [1.82, 2.24) is 0 Å². The molecule has 0 fully saturated rings. The first kappa shape index (κ1) is 20.3. The fourth-order valence-electron chi connectivity index (χ4n) is 2.29. The summed E-state index contributed by atoms with van der Waals surface area (Å²) in [4.78, 5) is 24.2. The van der Waals surface area contributed by atoms with Gasteiger partial charge in [-0.05, 0) is 49.7 Å². The van der Waals surface area contributed by atoms with Gasteiger partial charge in [-0.15, -0.1) is 0 Å². The van der Waals surface area contributed by atoms with E-state index >= 15 is 0 Å². The molecule has 0 heterocycles. The van der Waals surface area contributed by atoms with Gasteiger partial charge >= 0.3 is 5.97 Å². The Morgan fingerprint density at radius 1 is 1.04 bits per heavy atom. The molecule has 2 rings (SSSR count). The third-order valence-electron chi connectivity index (χ3n) is 3.86. The molecule has 6 nitrogen and oxygen atoms in total. The Balaban J connectivity index is 1.92. The van der Waals surface area contributed by atoms with Gasteiger partial charge in [0.25, 0.3) is 5.91 Å². The fraction of sp³-hybridized carbons (Fsp3) is 0.333. The number of carbonyl (C=O) groups is 2. The summed E-state index contributed by atoms with van der Waals surface area (Å²) in [5.41, 5.74) is 1.02. The van der Waals surface area contributed by atoms with Gasteiger partial charge in [0.05, 0.1) is 19.3 Å². The van der Waals surface area contributed by atoms with Crippen molar-refractivity contribution >= 4 is 17.6 Å². The van der Waals surface area contributed by atoms with Crippen LogP contribution in [0.2, 0.25) is 0 Å². The maximum atomic E-state index is 12.3. The zero-order valence-electron chi connectivity index (χ0n) is 15.9. The smallest absolute Gasteiger partial charge is 0.338 e. The monoisotopic (exact) mass is 371 g/mol. The van der Waals surface area contributed by atoms with Crippen LogP contribution >= 0.6 is 0 Å². The number of esters is 1. The summed E-state index contributed by atoms with van der Waals surface area (Å²) in [5.74, 6) is 0.379. The Morgan fingerprint density at radius 2 is 1.70 bits per heavy atom. The second kappa shape index (κ2) is 10.2. The molecule has 0 spiro atoms. The van der Waals surface area contributed by atoms with Crippen molar-refractivity contribution in [3.63, 3.8) is 0 Å². The lowest BCUT2D eigenvalue weighted by molar-refractivity contribution is -0.122. The summed E-state index contributed by atoms with van der Waals surface area (Å²) < 4.78 is 16.0. The Labute approximate surface area is 159 Å². The summed E-state index contributed by atoms with van der Waals surface area (Å²) in [6, 6.07) is 13.7. The number of ether oxygens (including phenoxy) is 3. The second-order valence-corrected chi connectivity index (χ2v) is 5.97. The quantitative estimate of drug-likeness (QED) is 0.531. The van der Waals surface area contributed by atoms with Crippen molar-refractivity contribution in [3.8, 4) is 11.5 Å². The third kappa shape index (κ3) is 6.02. The third-order valence-corrected chi connectivity index (χ3v) is 3.86. The summed E-state index contributed by atoms with van der Waals surface area (Å²) in [7, 11) is 1.54. The fourth-order valence-corrected chi connectivity index (χ4v) is 2.29. The molecule has 0 saturated carbocycles. The summed E-state index contributed by atoms with van der Waals surface area (Å²) >= 11 is 0. The molecule has 1 amide bonds. The lowest BCUT2D eigenvalue weighted by Crippen LogP contribution is -2.30. The van der Waals surface area contributed by atoms with Gasteiger partial charge in [0.1, 0.15) is 0 Å². The molecule has 0 aliphatic heterocycles. The molecule has 0 aliphatic carbocycles. The van der Waals surface area contributed by atoms with Crippen molar-refractivity contribution in [2.24, 2.45) is 0 Å². The summed E-state index contributed by atoms with van der Waals surface area (Å²) in [6.07, 6.45) is 1.08. The van der Waals surface area contributed by atoms with Crippen molar-refractivity contribution in [2.45, 2.75) is 32.8 Å². The van der Waals surface area contributed by atoms with E-state index < -0.39 is 6.10 Å². The molecule has 27 heavy (non-hydrogen) atoms. The number of hydrogen-bond acceptors (Lipinski definition) is 5. The zero-order valence-corrected chi connectivity index (χ0v) is 15.9. The first-order chi connectivity index (χ1) is 13.0. The maximum Gasteiger partial charge on any atom is 0.338 e. The van der Waals surface area contributed by atoms with Crippen LogP contribution < -0.4 is 14.8 Å². The number of para-hydroxylation sites is 2. The van der Waals surface area contributed by atoms with E-state index in [2.05, 4.69) is 5.32 Å². The highest BCUT2D eigenvalue weighted by atomic mass is 16.5. The Morgan fingerprint density at radius 3 is 2.33 bits per heavy atom. The lowest BCUT2D eigenvalue weighted by atomic mass is 10.2. The number of anilines is 1. The predicted molar refractivity (Wildman–Crippen MR) is 103 cm³/mol. The standard InChI is InChI=1S/C21H25NO5/c1-4-5-14-26-21(24)16-10-12-17(13-11-16)22-20(23)15(2)27-19-9-7-6-8-18(19)25-3/h6-13,15H,4-5,14H2,1-3H3,(H,22,23). The van der Waals surface area contributed by atoms with Crippen molar-refractivity contribution in [1.29, 1.82) is 0 Å². The van der Waals surface area contributed by atoms with Crippen LogP contribution in [-0.4, -0.2) is 31.7 Å². The van der Waals surface area contributed by atoms with Gasteiger partial charge in [0, 0.05) is 5.69 Å². The SMILES string of the molecule is CCCCOC(=O)c1ccc(NC(=O)C(C)Oc2ccccc2OC)cc1. The summed E-state index contributed by atoms with van der Waals surface area (Å²) in [6.45, 7) is 4.09. The van der Waals surface area contributed by atoms with Crippen LogP contribution in [0.15, 0.2) is 48.5 Å². The molecule has 144 valence electrons. The number of methoxy groups -OCH3 is 1. The van der Waals surface area contributed by atoms with Gasteiger partial charge < -0.3 is 19.5 Å². The molecule has 0 aromatic heterocycles. The Hall–Kier alpha value is -3.02. The first-order valence-corrected chi connectivity index (χ1v) is 8.93. The van der Waals surface area contributed by atoms with Crippen LogP contribution in [0.1, 0.15) is 37.0 Å². The number of benzene rings is 2. The zero-order chi connectivity index (χ0) is 19.6. The van der Waals surface area contributed by atoms with Gasteiger partial charge in [-0.25, -0.2) is 4.79 Å². The van der Waals surface area contributed by atoms with Crippen molar-refractivity contribution in [2.75, 3.05) is 19.0 Å². The minimum absolute atomic E-state index is 0.306.